The van der Waals surface area contributed by atoms with Crippen LogP contribution in [0.25, 0.3) is 0 Å². The average molecular weight is 465 g/mol. The molecule has 172 valence electrons. The van der Waals surface area contributed by atoms with Gasteiger partial charge in [-0.25, -0.2) is 8.42 Å². The lowest BCUT2D eigenvalue weighted by atomic mass is 10.1. The molecular weight excluding hydrogens is 436 g/mol. The van der Waals surface area contributed by atoms with Gasteiger partial charge in [0.2, 0.25) is 15.9 Å². The number of nitrogens with zero attached hydrogens (tertiary/aromatic N) is 1. The van der Waals surface area contributed by atoms with Crippen molar-refractivity contribution < 1.29 is 17.9 Å². The highest BCUT2D eigenvalue weighted by molar-refractivity contribution is 7.89. The van der Waals surface area contributed by atoms with Crippen molar-refractivity contribution in [2.75, 3.05) is 18.4 Å². The van der Waals surface area contributed by atoms with Crippen molar-refractivity contribution in [1.82, 2.24) is 4.31 Å². The molecule has 0 unspecified atom stereocenters. The number of hydrogen-bond acceptors (Lipinski definition) is 4. The third kappa shape index (κ3) is 6.21. The quantitative estimate of drug-likeness (QED) is 0.528. The summed E-state index contributed by atoms with van der Waals surface area (Å²) in [7, 11) is -3.46. The van der Waals surface area contributed by atoms with Crippen molar-refractivity contribution in [3.05, 3.63) is 90.0 Å². The summed E-state index contributed by atoms with van der Waals surface area (Å²) < 4.78 is 32.8. The average Bonchev–Trinajstić information content (AvgIpc) is 2.85. The van der Waals surface area contributed by atoms with Crippen molar-refractivity contribution in [3.63, 3.8) is 0 Å². The molecule has 1 aliphatic heterocycles. The van der Waals surface area contributed by atoms with Crippen molar-refractivity contribution in [3.8, 4) is 5.75 Å². The van der Waals surface area contributed by atoms with E-state index in [-0.39, 0.29) is 17.2 Å². The fraction of sp³-hybridized carbons (Fsp3) is 0.269. The Balaban J connectivity index is 1.29. The van der Waals surface area contributed by atoms with Gasteiger partial charge in [-0.15, -0.1) is 0 Å². The van der Waals surface area contributed by atoms with Crippen LogP contribution in [0, 0.1) is 0 Å². The van der Waals surface area contributed by atoms with Gasteiger partial charge in [0.1, 0.15) is 12.4 Å². The molecule has 1 fully saturated rings. The number of rotatable bonds is 8. The van der Waals surface area contributed by atoms with Crippen LogP contribution in [0.15, 0.2) is 83.8 Å². The zero-order chi connectivity index (χ0) is 23.1. The van der Waals surface area contributed by atoms with Crippen LogP contribution in [0.3, 0.4) is 0 Å². The summed E-state index contributed by atoms with van der Waals surface area (Å²) in [6, 6.07) is 23.7. The Hall–Kier alpha value is -3.16. The maximum Gasteiger partial charge on any atom is 0.243 e. The van der Waals surface area contributed by atoms with E-state index in [0.717, 1.165) is 36.1 Å². The van der Waals surface area contributed by atoms with E-state index in [9.17, 15) is 13.2 Å². The number of nitrogens with one attached hydrogen (secondary N) is 1. The second-order valence-corrected chi connectivity index (χ2v) is 10.1. The third-order valence-electron chi connectivity index (χ3n) is 5.63. The molecule has 1 saturated heterocycles. The predicted octanol–water partition coefficient (Wildman–Crippen LogP) is 4.62. The van der Waals surface area contributed by atoms with E-state index in [1.54, 1.807) is 40.7 Å². The van der Waals surface area contributed by atoms with E-state index in [0.29, 0.717) is 25.4 Å². The molecule has 0 radical (unpaired) electrons. The van der Waals surface area contributed by atoms with Crippen molar-refractivity contribution in [2.45, 2.75) is 37.2 Å². The van der Waals surface area contributed by atoms with E-state index in [4.69, 9.17) is 4.74 Å². The molecular formula is C26H28N2O4S. The zero-order valence-electron chi connectivity index (χ0n) is 18.4. The number of anilines is 1. The van der Waals surface area contributed by atoms with Crippen molar-refractivity contribution in [1.29, 1.82) is 0 Å². The van der Waals surface area contributed by atoms with E-state index < -0.39 is 10.0 Å². The van der Waals surface area contributed by atoms with Gasteiger partial charge in [-0.2, -0.15) is 4.31 Å². The van der Waals surface area contributed by atoms with Gasteiger partial charge >= 0.3 is 0 Å². The van der Waals surface area contributed by atoms with Crippen molar-refractivity contribution in [2.24, 2.45) is 0 Å². The van der Waals surface area contributed by atoms with Crippen LogP contribution in [0.4, 0.5) is 5.69 Å². The van der Waals surface area contributed by atoms with Gasteiger partial charge in [-0.1, -0.05) is 48.9 Å². The Morgan fingerprint density at radius 1 is 0.818 bits per heavy atom. The maximum absolute atomic E-state index is 12.8. The van der Waals surface area contributed by atoms with E-state index >= 15 is 0 Å². The number of amides is 1. The standard InChI is InChI=1S/C26H28N2O4S/c29-26(27-23-11-13-24(14-12-23)32-20-22-7-3-1-4-8-22)19-21-9-15-25(16-10-21)33(30,31)28-17-5-2-6-18-28/h1,3-4,7-16H,2,5-6,17-20H2,(H,27,29). The largest absolute Gasteiger partial charge is 0.489 e. The predicted molar refractivity (Wildman–Crippen MR) is 129 cm³/mol. The Morgan fingerprint density at radius 2 is 1.48 bits per heavy atom. The lowest BCUT2D eigenvalue weighted by molar-refractivity contribution is -0.115. The van der Waals surface area contributed by atoms with Crippen LogP contribution >= 0.6 is 0 Å². The molecule has 1 aliphatic rings. The first-order valence-corrected chi connectivity index (χ1v) is 12.6. The van der Waals surface area contributed by atoms with Crippen LogP contribution in [-0.2, 0) is 27.8 Å². The fourth-order valence-electron chi connectivity index (χ4n) is 3.80. The lowest BCUT2D eigenvalue weighted by Crippen LogP contribution is -2.35. The zero-order valence-corrected chi connectivity index (χ0v) is 19.3. The molecule has 3 aromatic carbocycles. The Morgan fingerprint density at radius 3 is 2.15 bits per heavy atom. The molecule has 1 amide bonds. The normalized spacial score (nSPS) is 14.5. The third-order valence-corrected chi connectivity index (χ3v) is 7.54. The summed E-state index contributed by atoms with van der Waals surface area (Å²) in [6.45, 7) is 1.63. The summed E-state index contributed by atoms with van der Waals surface area (Å²) in [4.78, 5) is 12.7. The lowest BCUT2D eigenvalue weighted by Gasteiger charge is -2.25. The number of hydrogen-bond donors (Lipinski definition) is 1. The molecule has 6 nitrogen and oxygen atoms in total. The maximum atomic E-state index is 12.8. The Kier molecular flexibility index (Phi) is 7.42. The molecule has 0 bridgehead atoms. The fourth-order valence-corrected chi connectivity index (χ4v) is 5.32. The minimum absolute atomic E-state index is 0.163. The smallest absolute Gasteiger partial charge is 0.243 e. The second kappa shape index (κ2) is 10.6. The van der Waals surface area contributed by atoms with Crippen LogP contribution in [0.2, 0.25) is 0 Å². The summed E-state index contributed by atoms with van der Waals surface area (Å²) in [5.74, 6) is 0.557. The number of carbonyl (C=O) groups is 1. The second-order valence-electron chi connectivity index (χ2n) is 8.13. The monoisotopic (exact) mass is 464 g/mol. The number of benzene rings is 3. The van der Waals surface area contributed by atoms with Crippen LogP contribution in [0.5, 0.6) is 5.75 Å². The first kappa shape index (κ1) is 23.0. The van der Waals surface area contributed by atoms with Gasteiger partial charge in [-0.05, 0) is 60.4 Å². The molecule has 0 saturated carbocycles. The Labute approximate surface area is 195 Å². The van der Waals surface area contributed by atoms with Crippen molar-refractivity contribution >= 4 is 21.6 Å². The summed E-state index contributed by atoms with van der Waals surface area (Å²) in [5.41, 5.74) is 2.52. The van der Waals surface area contributed by atoms with Crippen LogP contribution < -0.4 is 10.1 Å². The molecule has 33 heavy (non-hydrogen) atoms. The summed E-state index contributed by atoms with van der Waals surface area (Å²) in [6.07, 6.45) is 3.04. The number of ether oxygens (including phenoxy) is 1. The molecule has 0 aromatic heterocycles. The SMILES string of the molecule is O=C(Cc1ccc(S(=O)(=O)N2CCCCC2)cc1)Nc1ccc(OCc2ccccc2)cc1. The summed E-state index contributed by atoms with van der Waals surface area (Å²) >= 11 is 0. The van der Waals surface area contributed by atoms with E-state index in [1.165, 1.54) is 0 Å². The first-order chi connectivity index (χ1) is 16.0. The highest BCUT2D eigenvalue weighted by atomic mass is 32.2. The number of carbonyl (C=O) groups excluding carboxylic acids is 1. The van der Waals surface area contributed by atoms with Gasteiger partial charge in [0, 0.05) is 18.8 Å². The topological polar surface area (TPSA) is 75.7 Å². The van der Waals surface area contributed by atoms with Gasteiger partial charge in [0.25, 0.3) is 0 Å². The van der Waals surface area contributed by atoms with Gasteiger partial charge in [0.15, 0.2) is 0 Å². The van der Waals surface area contributed by atoms with Gasteiger partial charge in [-0.3, -0.25) is 4.79 Å². The molecule has 0 atom stereocenters. The molecule has 0 aliphatic carbocycles. The van der Waals surface area contributed by atoms with Crippen LogP contribution in [0.1, 0.15) is 30.4 Å². The highest BCUT2D eigenvalue weighted by Gasteiger charge is 2.25. The van der Waals surface area contributed by atoms with E-state index in [1.807, 2.05) is 42.5 Å². The molecule has 3 aromatic rings. The van der Waals surface area contributed by atoms with Gasteiger partial charge < -0.3 is 10.1 Å². The number of sulfonamides is 1. The number of piperidine rings is 1. The minimum atomic E-state index is -3.46. The molecule has 1 N–H and O–H groups in total. The highest BCUT2D eigenvalue weighted by Crippen LogP contribution is 2.21. The summed E-state index contributed by atoms with van der Waals surface area (Å²) in [5, 5.41) is 2.87. The van der Waals surface area contributed by atoms with E-state index in [2.05, 4.69) is 5.32 Å². The van der Waals surface area contributed by atoms with Gasteiger partial charge in [0.05, 0.1) is 11.3 Å². The first-order valence-electron chi connectivity index (χ1n) is 11.2. The molecule has 1 heterocycles. The Bertz CT molecular complexity index is 1160. The molecule has 4 rings (SSSR count). The van der Waals surface area contributed by atoms with Crippen LogP contribution in [-0.4, -0.2) is 31.7 Å². The molecule has 0 spiro atoms. The molecule has 7 heteroatoms. The minimum Gasteiger partial charge on any atom is -0.489 e.